The lowest BCUT2D eigenvalue weighted by Gasteiger charge is -2.09. The van der Waals surface area contributed by atoms with Crippen molar-refractivity contribution in [3.05, 3.63) is 64.3 Å². The van der Waals surface area contributed by atoms with Gasteiger partial charge in [0.2, 0.25) is 5.88 Å². The molecular formula is C17H14BrNO2. The zero-order valence-corrected chi connectivity index (χ0v) is 13.1. The zero-order valence-electron chi connectivity index (χ0n) is 11.5. The smallest absolute Gasteiger partial charge is 0.222 e. The number of nitrogens with zero attached hydrogens (tertiary/aromatic N) is 1. The van der Waals surface area contributed by atoms with Crippen LogP contribution in [0.15, 0.2) is 53.1 Å². The van der Waals surface area contributed by atoms with Crippen LogP contribution in [0.1, 0.15) is 11.1 Å². The van der Waals surface area contributed by atoms with E-state index < -0.39 is 0 Å². The van der Waals surface area contributed by atoms with E-state index in [-0.39, 0.29) is 6.61 Å². The van der Waals surface area contributed by atoms with Gasteiger partial charge >= 0.3 is 0 Å². The molecule has 3 nitrogen and oxygen atoms in total. The Labute approximate surface area is 131 Å². The molecule has 0 amide bonds. The molecule has 0 fully saturated rings. The lowest BCUT2D eigenvalue weighted by Crippen LogP contribution is -1.94. The first-order valence-electron chi connectivity index (χ1n) is 6.59. The Hall–Kier alpha value is -1.91. The molecule has 21 heavy (non-hydrogen) atoms. The van der Waals surface area contributed by atoms with Crippen LogP contribution in [0.5, 0.6) is 11.6 Å². The number of ether oxygens (including phenoxy) is 1. The quantitative estimate of drug-likeness (QED) is 0.756. The Morgan fingerprint density at radius 1 is 1.10 bits per heavy atom. The fourth-order valence-corrected chi connectivity index (χ4v) is 2.56. The van der Waals surface area contributed by atoms with Crippen LogP contribution in [-0.4, -0.2) is 10.1 Å². The summed E-state index contributed by atoms with van der Waals surface area (Å²) in [5, 5.41) is 11.4. The van der Waals surface area contributed by atoms with E-state index in [0.717, 1.165) is 32.1 Å². The molecule has 0 aliphatic carbocycles. The van der Waals surface area contributed by atoms with Gasteiger partial charge in [-0.05, 0) is 53.6 Å². The maximum atomic E-state index is 9.10. The van der Waals surface area contributed by atoms with Crippen molar-refractivity contribution in [2.75, 3.05) is 0 Å². The van der Waals surface area contributed by atoms with E-state index in [0.29, 0.717) is 5.88 Å². The van der Waals surface area contributed by atoms with Gasteiger partial charge in [0.25, 0.3) is 0 Å². The molecule has 1 heterocycles. The highest BCUT2D eigenvalue weighted by molar-refractivity contribution is 9.10. The van der Waals surface area contributed by atoms with Crippen LogP contribution < -0.4 is 4.74 Å². The predicted molar refractivity (Wildman–Crippen MR) is 86.6 cm³/mol. The molecule has 1 aromatic heterocycles. The first kappa shape index (κ1) is 14.0. The number of aryl methyl sites for hydroxylation is 1. The van der Waals surface area contributed by atoms with Crippen LogP contribution in [0.25, 0.3) is 10.8 Å². The SMILES string of the molecule is Cc1cc(CO)cnc1Oc1ccc2cc(Br)ccc2c1. The van der Waals surface area contributed by atoms with Crippen molar-refractivity contribution in [2.24, 2.45) is 0 Å². The average Bonchev–Trinajstić information content (AvgIpc) is 2.49. The summed E-state index contributed by atoms with van der Waals surface area (Å²) in [6, 6.07) is 13.9. The number of aliphatic hydroxyl groups is 1. The zero-order chi connectivity index (χ0) is 14.8. The van der Waals surface area contributed by atoms with E-state index in [1.54, 1.807) is 6.20 Å². The predicted octanol–water partition coefficient (Wildman–Crippen LogP) is 4.59. The monoisotopic (exact) mass is 343 g/mol. The van der Waals surface area contributed by atoms with Gasteiger partial charge in [-0.2, -0.15) is 0 Å². The normalized spacial score (nSPS) is 10.8. The van der Waals surface area contributed by atoms with Crippen molar-refractivity contribution in [3.8, 4) is 11.6 Å². The molecule has 0 atom stereocenters. The molecule has 0 aliphatic heterocycles. The van der Waals surface area contributed by atoms with Crippen LogP contribution in [0.2, 0.25) is 0 Å². The van der Waals surface area contributed by atoms with Gasteiger partial charge in [-0.15, -0.1) is 0 Å². The van der Waals surface area contributed by atoms with E-state index in [1.165, 1.54) is 0 Å². The third kappa shape index (κ3) is 3.06. The van der Waals surface area contributed by atoms with Crippen LogP contribution in [0, 0.1) is 6.92 Å². The Morgan fingerprint density at radius 2 is 1.86 bits per heavy atom. The number of aliphatic hydroxyl groups excluding tert-OH is 1. The Bertz CT molecular complexity index is 802. The first-order valence-corrected chi connectivity index (χ1v) is 7.38. The van der Waals surface area contributed by atoms with Crippen molar-refractivity contribution >= 4 is 26.7 Å². The van der Waals surface area contributed by atoms with Gasteiger partial charge in [-0.25, -0.2) is 4.98 Å². The molecule has 0 saturated carbocycles. The van der Waals surface area contributed by atoms with Gasteiger partial charge in [0.15, 0.2) is 0 Å². The first-order chi connectivity index (χ1) is 10.2. The number of benzene rings is 2. The van der Waals surface area contributed by atoms with Crippen molar-refractivity contribution < 1.29 is 9.84 Å². The summed E-state index contributed by atoms with van der Waals surface area (Å²) in [5.74, 6) is 1.31. The molecule has 3 aromatic rings. The van der Waals surface area contributed by atoms with E-state index in [1.807, 2.05) is 43.3 Å². The maximum absolute atomic E-state index is 9.10. The Balaban J connectivity index is 1.92. The van der Waals surface area contributed by atoms with Gasteiger partial charge in [0, 0.05) is 16.2 Å². The van der Waals surface area contributed by atoms with E-state index >= 15 is 0 Å². The van der Waals surface area contributed by atoms with Gasteiger partial charge in [0.1, 0.15) is 5.75 Å². The number of aromatic nitrogens is 1. The van der Waals surface area contributed by atoms with Crippen molar-refractivity contribution in [1.29, 1.82) is 0 Å². The minimum atomic E-state index is -0.0149. The molecule has 0 saturated heterocycles. The van der Waals surface area contributed by atoms with Crippen molar-refractivity contribution in [2.45, 2.75) is 13.5 Å². The number of rotatable bonds is 3. The van der Waals surface area contributed by atoms with Crippen LogP contribution in [0.3, 0.4) is 0 Å². The van der Waals surface area contributed by atoms with E-state index in [9.17, 15) is 0 Å². The number of hydrogen-bond donors (Lipinski definition) is 1. The molecule has 0 bridgehead atoms. The molecule has 0 radical (unpaired) electrons. The summed E-state index contributed by atoms with van der Waals surface area (Å²) in [6.45, 7) is 1.90. The fourth-order valence-electron chi connectivity index (χ4n) is 2.18. The topological polar surface area (TPSA) is 42.4 Å². The molecule has 4 heteroatoms. The van der Waals surface area contributed by atoms with Gasteiger partial charge in [-0.3, -0.25) is 0 Å². The standard InChI is InChI=1S/C17H14BrNO2/c1-11-6-12(10-20)9-19-17(11)21-16-5-3-13-7-15(18)4-2-14(13)8-16/h2-9,20H,10H2,1H3. The van der Waals surface area contributed by atoms with Crippen molar-refractivity contribution in [1.82, 2.24) is 4.98 Å². The van der Waals surface area contributed by atoms with Gasteiger partial charge < -0.3 is 9.84 Å². The molecule has 106 valence electrons. The lowest BCUT2D eigenvalue weighted by molar-refractivity contribution is 0.281. The Morgan fingerprint density at radius 3 is 2.62 bits per heavy atom. The van der Waals surface area contributed by atoms with Crippen LogP contribution in [0.4, 0.5) is 0 Å². The summed E-state index contributed by atoms with van der Waals surface area (Å²) in [4.78, 5) is 4.25. The molecule has 1 N–H and O–H groups in total. The lowest BCUT2D eigenvalue weighted by atomic mass is 10.1. The summed E-state index contributed by atoms with van der Waals surface area (Å²) in [5.41, 5.74) is 1.68. The fraction of sp³-hybridized carbons (Fsp3) is 0.118. The number of fused-ring (bicyclic) bond motifs is 1. The summed E-state index contributed by atoms with van der Waals surface area (Å²) >= 11 is 3.47. The molecule has 0 aliphatic rings. The maximum Gasteiger partial charge on any atom is 0.222 e. The third-order valence-electron chi connectivity index (χ3n) is 3.26. The van der Waals surface area contributed by atoms with Crippen LogP contribution in [-0.2, 0) is 6.61 Å². The van der Waals surface area contributed by atoms with Gasteiger partial charge in [-0.1, -0.05) is 28.1 Å². The summed E-state index contributed by atoms with van der Waals surface area (Å²) in [6.07, 6.45) is 1.63. The minimum Gasteiger partial charge on any atom is -0.439 e. The number of halogens is 1. The second kappa shape index (κ2) is 5.84. The molecular weight excluding hydrogens is 330 g/mol. The highest BCUT2D eigenvalue weighted by Crippen LogP contribution is 2.28. The van der Waals surface area contributed by atoms with E-state index in [2.05, 4.69) is 27.0 Å². The molecule has 0 spiro atoms. The van der Waals surface area contributed by atoms with Crippen LogP contribution >= 0.6 is 15.9 Å². The largest absolute Gasteiger partial charge is 0.439 e. The minimum absolute atomic E-state index is 0.0149. The number of pyridine rings is 1. The second-order valence-corrected chi connectivity index (χ2v) is 5.79. The average molecular weight is 344 g/mol. The molecule has 3 rings (SSSR count). The third-order valence-corrected chi connectivity index (χ3v) is 3.75. The van der Waals surface area contributed by atoms with Gasteiger partial charge in [0.05, 0.1) is 6.61 Å². The highest BCUT2D eigenvalue weighted by atomic mass is 79.9. The van der Waals surface area contributed by atoms with Crippen molar-refractivity contribution in [3.63, 3.8) is 0 Å². The molecule has 2 aromatic carbocycles. The summed E-state index contributed by atoms with van der Waals surface area (Å²) < 4.78 is 6.90. The summed E-state index contributed by atoms with van der Waals surface area (Å²) in [7, 11) is 0. The van der Waals surface area contributed by atoms with E-state index in [4.69, 9.17) is 9.84 Å². The second-order valence-electron chi connectivity index (χ2n) is 4.88. The molecule has 0 unspecified atom stereocenters. The number of hydrogen-bond acceptors (Lipinski definition) is 3. The highest BCUT2D eigenvalue weighted by Gasteiger charge is 2.05. The Kier molecular flexibility index (Phi) is 3.90.